The molecular formula is C22H21N7. The molecule has 0 amide bonds. The molecule has 0 aliphatic heterocycles. The van der Waals surface area contributed by atoms with Crippen LogP contribution in [0.5, 0.6) is 0 Å². The van der Waals surface area contributed by atoms with Gasteiger partial charge in [0.05, 0.1) is 11.7 Å². The summed E-state index contributed by atoms with van der Waals surface area (Å²) in [6.07, 6.45) is 6.72. The molecule has 29 heavy (non-hydrogen) atoms. The lowest BCUT2D eigenvalue weighted by Crippen LogP contribution is -1.99. The van der Waals surface area contributed by atoms with E-state index in [0.717, 1.165) is 40.7 Å². The van der Waals surface area contributed by atoms with E-state index in [0.29, 0.717) is 5.82 Å². The average molecular weight is 383 g/mol. The van der Waals surface area contributed by atoms with Crippen LogP contribution < -0.4 is 11.1 Å². The van der Waals surface area contributed by atoms with Crippen molar-refractivity contribution in [3.63, 3.8) is 0 Å². The van der Waals surface area contributed by atoms with Crippen molar-refractivity contribution in [3.8, 4) is 11.1 Å². The summed E-state index contributed by atoms with van der Waals surface area (Å²) in [6.45, 7) is 3.20. The Kier molecular flexibility index (Phi) is 4.13. The zero-order valence-electron chi connectivity index (χ0n) is 16.1. The molecule has 0 saturated heterocycles. The number of benzene rings is 2. The molecule has 0 bridgehead atoms. The van der Waals surface area contributed by atoms with Crippen LogP contribution >= 0.6 is 0 Å². The predicted octanol–water partition coefficient (Wildman–Crippen LogP) is 4.71. The molecule has 0 fully saturated rings. The molecule has 0 atom stereocenters. The molecule has 4 N–H and O–H groups in total. The number of H-pyrrole nitrogens is 1. The molecule has 144 valence electrons. The van der Waals surface area contributed by atoms with E-state index in [4.69, 9.17) is 5.73 Å². The normalized spacial score (nSPS) is 11.3. The number of nitrogens with two attached hydrogens (primary N) is 1. The predicted molar refractivity (Wildman–Crippen MR) is 117 cm³/mol. The maximum absolute atomic E-state index is 5.71. The lowest BCUT2D eigenvalue weighted by molar-refractivity contribution is 0.704. The van der Waals surface area contributed by atoms with Crippen LogP contribution in [-0.4, -0.2) is 24.7 Å². The fourth-order valence-electron chi connectivity index (χ4n) is 3.74. The SMILES string of the molecule is CCCn1ccc2ccc(-c3cc(Nc4ccnc(N)n4)cc4cn[nH]c34)cc21. The van der Waals surface area contributed by atoms with Crippen LogP contribution in [0.3, 0.4) is 0 Å². The van der Waals surface area contributed by atoms with Gasteiger partial charge in [0.1, 0.15) is 5.82 Å². The molecule has 0 unspecified atom stereocenters. The number of aromatic nitrogens is 5. The number of nitrogens with zero attached hydrogens (tertiary/aromatic N) is 4. The van der Waals surface area contributed by atoms with Gasteiger partial charge in [-0.2, -0.15) is 10.1 Å². The number of fused-ring (bicyclic) bond motifs is 2. The third-order valence-electron chi connectivity index (χ3n) is 5.04. The van der Waals surface area contributed by atoms with E-state index in [1.165, 1.54) is 10.9 Å². The molecule has 5 aromatic rings. The molecule has 5 rings (SSSR count). The molecular weight excluding hydrogens is 362 g/mol. The highest BCUT2D eigenvalue weighted by molar-refractivity contribution is 5.98. The minimum absolute atomic E-state index is 0.238. The van der Waals surface area contributed by atoms with E-state index in [2.05, 4.69) is 73.5 Å². The quantitative estimate of drug-likeness (QED) is 0.408. The molecule has 0 aliphatic carbocycles. The highest BCUT2D eigenvalue weighted by Gasteiger charge is 2.11. The molecule has 7 heteroatoms. The third kappa shape index (κ3) is 3.16. The summed E-state index contributed by atoms with van der Waals surface area (Å²) in [7, 11) is 0. The topological polar surface area (TPSA) is 97.4 Å². The van der Waals surface area contributed by atoms with Gasteiger partial charge in [-0.15, -0.1) is 0 Å². The molecule has 3 heterocycles. The van der Waals surface area contributed by atoms with Gasteiger partial charge >= 0.3 is 0 Å². The summed E-state index contributed by atoms with van der Waals surface area (Å²) in [6, 6.07) is 14.7. The second-order valence-electron chi connectivity index (χ2n) is 7.07. The van der Waals surface area contributed by atoms with Crippen molar-refractivity contribution in [3.05, 3.63) is 61.1 Å². The van der Waals surface area contributed by atoms with Crippen LogP contribution in [-0.2, 0) is 6.54 Å². The maximum Gasteiger partial charge on any atom is 0.221 e. The van der Waals surface area contributed by atoms with E-state index >= 15 is 0 Å². The van der Waals surface area contributed by atoms with Gasteiger partial charge in [0.15, 0.2) is 0 Å². The number of aromatic amines is 1. The summed E-state index contributed by atoms with van der Waals surface area (Å²) in [5, 5.41) is 13.0. The standard InChI is InChI=1S/C22H21N7/c1-2-8-29-9-6-14-3-4-15(11-19(14)29)18-12-17(10-16-13-25-28-21(16)18)26-20-5-7-24-22(23)27-20/h3-7,9-13H,2,8H2,1H3,(H,25,28)(H3,23,24,26,27). The van der Waals surface area contributed by atoms with Crippen LogP contribution in [0.4, 0.5) is 17.5 Å². The Balaban J connectivity index is 1.63. The van der Waals surface area contributed by atoms with E-state index < -0.39 is 0 Å². The summed E-state index contributed by atoms with van der Waals surface area (Å²) in [5.41, 5.74) is 11.1. The van der Waals surface area contributed by atoms with Gasteiger partial charge in [-0.25, -0.2) is 4.98 Å². The van der Waals surface area contributed by atoms with E-state index in [-0.39, 0.29) is 5.95 Å². The van der Waals surface area contributed by atoms with Gasteiger partial charge < -0.3 is 15.6 Å². The first-order chi connectivity index (χ1) is 14.2. The first-order valence-electron chi connectivity index (χ1n) is 9.63. The first kappa shape index (κ1) is 17.2. The first-order valence-corrected chi connectivity index (χ1v) is 9.63. The Bertz CT molecular complexity index is 1320. The third-order valence-corrected chi connectivity index (χ3v) is 5.04. The second kappa shape index (κ2) is 6.94. The van der Waals surface area contributed by atoms with Crippen LogP contribution in [0.15, 0.2) is 61.1 Å². The van der Waals surface area contributed by atoms with E-state index in [1.807, 2.05) is 12.3 Å². The summed E-state index contributed by atoms with van der Waals surface area (Å²) in [4.78, 5) is 8.18. The van der Waals surface area contributed by atoms with Crippen LogP contribution in [0.1, 0.15) is 13.3 Å². The Hall–Kier alpha value is -3.87. The lowest BCUT2D eigenvalue weighted by atomic mass is 10.0. The molecule has 0 radical (unpaired) electrons. The molecule has 7 nitrogen and oxygen atoms in total. The number of nitrogen functional groups attached to an aromatic ring is 1. The van der Waals surface area contributed by atoms with Gasteiger partial charge in [-0.1, -0.05) is 19.1 Å². The summed E-state index contributed by atoms with van der Waals surface area (Å²) < 4.78 is 2.30. The number of nitrogens with one attached hydrogen (secondary N) is 2. The zero-order chi connectivity index (χ0) is 19.8. The lowest BCUT2D eigenvalue weighted by Gasteiger charge is -2.11. The van der Waals surface area contributed by atoms with Crippen molar-refractivity contribution in [2.24, 2.45) is 0 Å². The van der Waals surface area contributed by atoms with Crippen LogP contribution in [0.25, 0.3) is 32.9 Å². The van der Waals surface area contributed by atoms with Crippen molar-refractivity contribution in [1.29, 1.82) is 0 Å². The maximum atomic E-state index is 5.71. The molecule has 3 aromatic heterocycles. The number of aryl methyl sites for hydroxylation is 1. The molecule has 0 spiro atoms. The van der Waals surface area contributed by atoms with Crippen molar-refractivity contribution in [1.82, 2.24) is 24.7 Å². The fraction of sp³-hybridized carbons (Fsp3) is 0.136. The number of anilines is 3. The Morgan fingerprint density at radius 1 is 1.10 bits per heavy atom. The van der Waals surface area contributed by atoms with Gasteiger partial charge in [-0.05, 0) is 47.7 Å². The van der Waals surface area contributed by atoms with Crippen LogP contribution in [0.2, 0.25) is 0 Å². The number of hydrogen-bond donors (Lipinski definition) is 3. The zero-order valence-corrected chi connectivity index (χ0v) is 16.1. The second-order valence-corrected chi connectivity index (χ2v) is 7.07. The number of rotatable bonds is 5. The van der Waals surface area contributed by atoms with Crippen molar-refractivity contribution < 1.29 is 0 Å². The smallest absolute Gasteiger partial charge is 0.221 e. The minimum atomic E-state index is 0.238. The Morgan fingerprint density at radius 2 is 2.03 bits per heavy atom. The Labute approximate surface area is 167 Å². The van der Waals surface area contributed by atoms with E-state index in [9.17, 15) is 0 Å². The Morgan fingerprint density at radius 3 is 2.90 bits per heavy atom. The highest BCUT2D eigenvalue weighted by atomic mass is 15.1. The fourth-order valence-corrected chi connectivity index (χ4v) is 3.74. The highest BCUT2D eigenvalue weighted by Crippen LogP contribution is 2.33. The van der Waals surface area contributed by atoms with Crippen LogP contribution in [0, 0.1) is 0 Å². The number of hydrogen-bond acceptors (Lipinski definition) is 5. The largest absolute Gasteiger partial charge is 0.368 e. The molecule has 0 saturated carbocycles. The van der Waals surface area contributed by atoms with Gasteiger partial charge in [0.25, 0.3) is 0 Å². The van der Waals surface area contributed by atoms with Crippen molar-refractivity contribution in [2.45, 2.75) is 19.9 Å². The van der Waals surface area contributed by atoms with Gasteiger partial charge in [0.2, 0.25) is 5.95 Å². The monoisotopic (exact) mass is 383 g/mol. The summed E-state index contributed by atoms with van der Waals surface area (Å²) in [5.74, 6) is 0.889. The van der Waals surface area contributed by atoms with E-state index in [1.54, 1.807) is 12.3 Å². The molecule has 0 aliphatic rings. The minimum Gasteiger partial charge on any atom is -0.368 e. The average Bonchev–Trinajstić information content (AvgIpc) is 3.34. The van der Waals surface area contributed by atoms with Gasteiger partial charge in [0, 0.05) is 41.1 Å². The van der Waals surface area contributed by atoms with Gasteiger partial charge in [-0.3, -0.25) is 5.10 Å². The van der Waals surface area contributed by atoms with Crippen molar-refractivity contribution in [2.75, 3.05) is 11.1 Å². The molecule has 2 aromatic carbocycles. The summed E-state index contributed by atoms with van der Waals surface area (Å²) >= 11 is 0. The van der Waals surface area contributed by atoms with Crippen molar-refractivity contribution >= 4 is 39.3 Å².